The van der Waals surface area contributed by atoms with E-state index in [1.807, 2.05) is 6.92 Å². The van der Waals surface area contributed by atoms with Crippen LogP contribution >= 0.6 is 0 Å². The van der Waals surface area contributed by atoms with Crippen LogP contribution in [0.3, 0.4) is 0 Å². The topological polar surface area (TPSA) is 40.6 Å². The molecule has 0 aliphatic carbocycles. The highest BCUT2D eigenvalue weighted by atomic mass is 19.1. The molecule has 1 aliphatic rings. The number of hydrogen-bond acceptors (Lipinski definition) is 2. The van der Waals surface area contributed by atoms with Crippen LogP contribution in [0.25, 0.3) is 0 Å². The first-order valence-electron chi connectivity index (χ1n) is 6.55. The maximum Gasteiger partial charge on any atom is 0.256 e. The van der Waals surface area contributed by atoms with Crippen LogP contribution in [0.15, 0.2) is 12.1 Å². The van der Waals surface area contributed by atoms with Gasteiger partial charge in [0.15, 0.2) is 0 Å². The summed E-state index contributed by atoms with van der Waals surface area (Å²) in [5, 5.41) is 0. The normalized spacial score (nSPS) is 15.2. The Morgan fingerprint density at radius 1 is 1.55 bits per heavy atom. The maximum atomic E-state index is 13.5. The van der Waals surface area contributed by atoms with E-state index in [9.17, 15) is 14.0 Å². The fraction of sp³-hybridized carbons (Fsp3) is 0.429. The Morgan fingerprint density at radius 2 is 2.25 bits per heavy atom. The molecule has 20 heavy (non-hydrogen) atoms. The quantitative estimate of drug-likeness (QED) is 0.588. The third-order valence-corrected chi connectivity index (χ3v) is 3.60. The minimum atomic E-state index is -0.588. The van der Waals surface area contributed by atoms with Crippen LogP contribution < -0.4 is 5.46 Å². The summed E-state index contributed by atoms with van der Waals surface area (Å²) < 4.78 is 13.5. The van der Waals surface area contributed by atoms with Crippen LogP contribution in [0.1, 0.15) is 35.7 Å². The molecule has 1 aromatic rings. The first kappa shape index (κ1) is 14.6. The largest absolute Gasteiger partial charge is 0.328 e. The van der Waals surface area contributed by atoms with Gasteiger partial charge in [0, 0.05) is 19.2 Å². The summed E-state index contributed by atoms with van der Waals surface area (Å²) in [5.74, 6) is -0.846. The van der Waals surface area contributed by atoms with Gasteiger partial charge in [-0.15, -0.1) is 0 Å². The Bertz CT molecular complexity index is 550. The van der Waals surface area contributed by atoms with Gasteiger partial charge < -0.3 is 9.80 Å². The molecule has 2 amide bonds. The van der Waals surface area contributed by atoms with Crippen molar-refractivity contribution in [3.63, 3.8) is 0 Å². The highest BCUT2D eigenvalue weighted by Gasteiger charge is 2.34. The SMILES string of the molecule is [B]c1cc2c(cc1F)C(=O)N(C(CCC)N(C)C=O)C2. The smallest absolute Gasteiger partial charge is 0.256 e. The molecule has 0 bridgehead atoms. The summed E-state index contributed by atoms with van der Waals surface area (Å²) in [6.07, 6.45) is 1.89. The third-order valence-electron chi connectivity index (χ3n) is 3.60. The van der Waals surface area contributed by atoms with E-state index < -0.39 is 5.82 Å². The van der Waals surface area contributed by atoms with Crippen molar-refractivity contribution >= 4 is 25.6 Å². The molecular formula is C14H16BFN2O2. The number of halogens is 1. The van der Waals surface area contributed by atoms with Crippen LogP contribution in [-0.2, 0) is 11.3 Å². The summed E-state index contributed by atoms with van der Waals surface area (Å²) in [6.45, 7) is 2.33. The zero-order valence-electron chi connectivity index (χ0n) is 11.6. The predicted molar refractivity (Wildman–Crippen MR) is 74.2 cm³/mol. The van der Waals surface area contributed by atoms with E-state index in [4.69, 9.17) is 7.85 Å². The molecule has 2 radical (unpaired) electrons. The van der Waals surface area contributed by atoms with Gasteiger partial charge in [0.05, 0.1) is 0 Å². The van der Waals surface area contributed by atoms with Crippen molar-refractivity contribution in [3.05, 3.63) is 29.1 Å². The van der Waals surface area contributed by atoms with Crippen molar-refractivity contribution in [2.45, 2.75) is 32.5 Å². The first-order valence-corrected chi connectivity index (χ1v) is 6.55. The lowest BCUT2D eigenvalue weighted by molar-refractivity contribution is -0.121. The monoisotopic (exact) mass is 274 g/mol. The number of carbonyl (C=O) groups excluding carboxylic acids is 2. The van der Waals surface area contributed by atoms with Gasteiger partial charge in [-0.25, -0.2) is 4.39 Å². The fourth-order valence-electron chi connectivity index (χ4n) is 2.53. The van der Waals surface area contributed by atoms with Gasteiger partial charge in [-0.1, -0.05) is 24.9 Å². The number of hydrogen-bond donors (Lipinski definition) is 0. The number of fused-ring (bicyclic) bond motifs is 1. The minimum Gasteiger partial charge on any atom is -0.328 e. The van der Waals surface area contributed by atoms with Crippen molar-refractivity contribution in [2.24, 2.45) is 0 Å². The second kappa shape index (κ2) is 5.65. The summed E-state index contributed by atoms with van der Waals surface area (Å²) in [6, 6.07) is 2.67. The number of nitrogens with zero attached hydrogens (tertiary/aromatic N) is 2. The predicted octanol–water partition coefficient (Wildman–Crippen LogP) is 0.790. The van der Waals surface area contributed by atoms with Gasteiger partial charge in [0.1, 0.15) is 19.8 Å². The zero-order valence-corrected chi connectivity index (χ0v) is 11.6. The van der Waals surface area contributed by atoms with E-state index in [0.717, 1.165) is 6.42 Å². The van der Waals surface area contributed by atoms with E-state index in [1.165, 1.54) is 17.0 Å². The lowest BCUT2D eigenvalue weighted by Gasteiger charge is -2.33. The second-order valence-corrected chi connectivity index (χ2v) is 5.00. The summed E-state index contributed by atoms with van der Waals surface area (Å²) in [4.78, 5) is 26.4. The fourth-order valence-corrected chi connectivity index (χ4v) is 2.53. The molecule has 1 unspecified atom stereocenters. The number of amides is 2. The van der Waals surface area contributed by atoms with Crippen LogP contribution in [0.5, 0.6) is 0 Å². The molecule has 4 nitrogen and oxygen atoms in total. The molecule has 2 rings (SSSR count). The van der Waals surface area contributed by atoms with Gasteiger partial charge in [-0.2, -0.15) is 0 Å². The standard InChI is InChI=1S/C14H16BFN2O2/c1-3-4-13(17(2)8-19)18-7-9-5-11(15)12(16)6-10(9)14(18)20/h5-6,8,13H,3-4,7H2,1-2H3. The van der Waals surface area contributed by atoms with Crippen molar-refractivity contribution in [2.75, 3.05) is 7.05 Å². The molecular weight excluding hydrogens is 258 g/mol. The molecule has 0 aromatic heterocycles. The summed E-state index contributed by atoms with van der Waals surface area (Å²) in [7, 11) is 7.17. The Labute approximate surface area is 119 Å². The highest BCUT2D eigenvalue weighted by Crippen LogP contribution is 2.26. The number of rotatable bonds is 5. The summed E-state index contributed by atoms with van der Waals surface area (Å²) >= 11 is 0. The van der Waals surface area contributed by atoms with Crippen molar-refractivity contribution < 1.29 is 14.0 Å². The molecule has 0 N–H and O–H groups in total. The molecule has 0 spiro atoms. The van der Waals surface area contributed by atoms with Gasteiger partial charge in [-0.3, -0.25) is 9.59 Å². The van der Waals surface area contributed by atoms with Crippen molar-refractivity contribution in [3.8, 4) is 0 Å². The molecule has 104 valence electrons. The van der Waals surface area contributed by atoms with Crippen molar-refractivity contribution in [1.82, 2.24) is 9.80 Å². The lowest BCUT2D eigenvalue weighted by atomic mass is 9.92. The molecule has 0 saturated carbocycles. The summed E-state index contributed by atoms with van der Waals surface area (Å²) in [5.41, 5.74) is 1.07. The molecule has 0 fully saturated rings. The van der Waals surface area contributed by atoms with E-state index in [2.05, 4.69) is 0 Å². The van der Waals surface area contributed by atoms with E-state index >= 15 is 0 Å². The van der Waals surface area contributed by atoms with Gasteiger partial charge in [0.25, 0.3) is 5.91 Å². The molecule has 1 atom stereocenters. The average Bonchev–Trinajstić information content (AvgIpc) is 2.73. The van der Waals surface area contributed by atoms with Crippen LogP contribution in [0, 0.1) is 5.82 Å². The van der Waals surface area contributed by atoms with Gasteiger partial charge in [0.2, 0.25) is 6.41 Å². The molecule has 1 aliphatic heterocycles. The average molecular weight is 274 g/mol. The highest BCUT2D eigenvalue weighted by molar-refractivity contribution is 6.32. The lowest BCUT2D eigenvalue weighted by Crippen LogP contribution is -2.46. The number of benzene rings is 1. The van der Waals surface area contributed by atoms with Gasteiger partial charge >= 0.3 is 0 Å². The molecule has 6 heteroatoms. The van der Waals surface area contributed by atoms with E-state index in [1.54, 1.807) is 11.9 Å². The van der Waals surface area contributed by atoms with Crippen LogP contribution in [0.2, 0.25) is 0 Å². The Morgan fingerprint density at radius 3 is 2.85 bits per heavy atom. The third kappa shape index (κ3) is 2.42. The van der Waals surface area contributed by atoms with E-state index in [0.29, 0.717) is 30.5 Å². The number of carbonyl (C=O) groups is 2. The van der Waals surface area contributed by atoms with Gasteiger partial charge in [-0.05, 0) is 18.1 Å². The first-order chi connectivity index (χ1) is 9.49. The zero-order chi connectivity index (χ0) is 14.9. The van der Waals surface area contributed by atoms with Crippen LogP contribution in [0.4, 0.5) is 4.39 Å². The van der Waals surface area contributed by atoms with Crippen molar-refractivity contribution in [1.29, 1.82) is 0 Å². The molecule has 1 aromatic carbocycles. The second-order valence-electron chi connectivity index (χ2n) is 5.00. The maximum absolute atomic E-state index is 13.5. The van der Waals surface area contributed by atoms with E-state index in [-0.39, 0.29) is 17.5 Å². The molecule has 1 heterocycles. The minimum absolute atomic E-state index is 0.0363. The molecule has 0 saturated heterocycles. The Kier molecular flexibility index (Phi) is 4.11. The van der Waals surface area contributed by atoms with Crippen LogP contribution in [-0.4, -0.2) is 43.2 Å². The Balaban J connectivity index is 2.33. The Hall–Kier alpha value is -1.85.